The molecule has 0 spiro atoms. The lowest BCUT2D eigenvalue weighted by atomic mass is 10.2. The molecule has 6 heteroatoms. The number of hydrogen-bond acceptors (Lipinski definition) is 5. The van der Waals surface area contributed by atoms with Crippen molar-refractivity contribution in [2.24, 2.45) is 0 Å². The summed E-state index contributed by atoms with van der Waals surface area (Å²) in [6.45, 7) is 0.669. The zero-order valence-corrected chi connectivity index (χ0v) is 7.86. The molecule has 2 atom stereocenters. The van der Waals surface area contributed by atoms with E-state index in [9.17, 15) is 4.39 Å². The zero-order chi connectivity index (χ0) is 9.97. The van der Waals surface area contributed by atoms with Crippen LogP contribution in [0, 0.1) is 0 Å². The van der Waals surface area contributed by atoms with Crippen molar-refractivity contribution < 1.29 is 13.7 Å². The number of halogens is 1. The molecule has 1 aromatic heterocycles. The van der Waals surface area contributed by atoms with Crippen LogP contribution in [-0.2, 0) is 11.3 Å². The predicted octanol–water partition coefficient (Wildman–Crippen LogP) is 0.589. The van der Waals surface area contributed by atoms with Crippen LogP contribution in [0.15, 0.2) is 4.52 Å². The summed E-state index contributed by atoms with van der Waals surface area (Å²) in [5.74, 6) is 0.934. The summed E-state index contributed by atoms with van der Waals surface area (Å²) in [6.07, 6.45) is -0.424. The topological polar surface area (TPSA) is 60.2 Å². The van der Waals surface area contributed by atoms with Gasteiger partial charge in [-0.25, -0.2) is 4.39 Å². The normalized spacial score (nSPS) is 27.0. The van der Waals surface area contributed by atoms with Gasteiger partial charge in [-0.05, 0) is 0 Å². The summed E-state index contributed by atoms with van der Waals surface area (Å²) in [7, 11) is 1.56. The minimum absolute atomic E-state index is 0.150. The van der Waals surface area contributed by atoms with E-state index in [0.29, 0.717) is 31.3 Å². The second kappa shape index (κ2) is 4.02. The van der Waals surface area contributed by atoms with Gasteiger partial charge in [-0.15, -0.1) is 0 Å². The molecule has 0 unspecified atom stereocenters. The van der Waals surface area contributed by atoms with Gasteiger partial charge in [0.2, 0.25) is 5.89 Å². The van der Waals surface area contributed by atoms with Gasteiger partial charge in [0.15, 0.2) is 5.82 Å². The van der Waals surface area contributed by atoms with Crippen LogP contribution in [0.4, 0.5) is 4.39 Å². The minimum Gasteiger partial charge on any atom is -0.377 e. The number of aromatic nitrogens is 2. The van der Waals surface area contributed by atoms with Crippen LogP contribution < -0.4 is 5.32 Å². The highest BCUT2D eigenvalue weighted by atomic mass is 19.1. The Bertz CT molecular complexity index is 305. The largest absolute Gasteiger partial charge is 0.377 e. The van der Waals surface area contributed by atoms with Crippen LogP contribution in [0.25, 0.3) is 0 Å². The van der Waals surface area contributed by atoms with Crippen molar-refractivity contribution >= 4 is 0 Å². The van der Waals surface area contributed by atoms with Crippen LogP contribution in [0.3, 0.4) is 0 Å². The highest BCUT2D eigenvalue weighted by Crippen LogP contribution is 2.23. The Morgan fingerprint density at radius 3 is 3.21 bits per heavy atom. The van der Waals surface area contributed by atoms with E-state index in [4.69, 9.17) is 9.26 Å². The molecule has 0 aromatic carbocycles. The molecule has 2 heterocycles. The third-order valence-electron chi connectivity index (χ3n) is 2.13. The van der Waals surface area contributed by atoms with E-state index in [1.54, 1.807) is 7.11 Å². The number of hydrogen-bond donors (Lipinski definition) is 1. The monoisotopic (exact) mass is 201 g/mol. The van der Waals surface area contributed by atoms with Crippen molar-refractivity contribution in [3.8, 4) is 0 Å². The average Bonchev–Trinajstić information content (AvgIpc) is 2.74. The fourth-order valence-electron chi connectivity index (χ4n) is 1.48. The van der Waals surface area contributed by atoms with Crippen LogP contribution in [0.2, 0.25) is 0 Å². The summed E-state index contributed by atoms with van der Waals surface area (Å²) in [5.41, 5.74) is 0. The van der Waals surface area contributed by atoms with E-state index >= 15 is 0 Å². The Balaban J connectivity index is 2.02. The summed E-state index contributed by atoms with van der Waals surface area (Å²) < 4.78 is 22.7. The molecular weight excluding hydrogens is 189 g/mol. The Morgan fingerprint density at radius 1 is 1.71 bits per heavy atom. The van der Waals surface area contributed by atoms with Crippen LogP contribution in [-0.4, -0.2) is 30.0 Å². The number of alkyl halides is 1. The Labute approximate surface area is 80.6 Å². The average molecular weight is 201 g/mol. The quantitative estimate of drug-likeness (QED) is 0.775. The summed E-state index contributed by atoms with van der Waals surface area (Å²) in [4.78, 5) is 4.08. The maximum Gasteiger partial charge on any atom is 0.243 e. The van der Waals surface area contributed by atoms with Crippen molar-refractivity contribution in [3.63, 3.8) is 0 Å². The van der Waals surface area contributed by atoms with Gasteiger partial charge in [0.05, 0.1) is 6.04 Å². The predicted molar refractivity (Wildman–Crippen MR) is 45.3 cm³/mol. The molecule has 1 N–H and O–H groups in total. The Morgan fingerprint density at radius 2 is 2.57 bits per heavy atom. The van der Waals surface area contributed by atoms with Gasteiger partial charge in [-0.1, -0.05) is 5.16 Å². The summed E-state index contributed by atoms with van der Waals surface area (Å²) >= 11 is 0. The highest BCUT2D eigenvalue weighted by Gasteiger charge is 2.29. The molecule has 2 rings (SSSR count). The lowest BCUT2D eigenvalue weighted by molar-refractivity contribution is 0.174. The fourth-order valence-corrected chi connectivity index (χ4v) is 1.48. The second-order valence-electron chi connectivity index (χ2n) is 3.28. The van der Waals surface area contributed by atoms with Crippen LogP contribution >= 0.6 is 0 Å². The second-order valence-corrected chi connectivity index (χ2v) is 3.28. The molecule has 0 amide bonds. The van der Waals surface area contributed by atoms with Gasteiger partial charge in [-0.3, -0.25) is 0 Å². The van der Waals surface area contributed by atoms with Gasteiger partial charge in [0, 0.05) is 20.1 Å². The first-order valence-electron chi connectivity index (χ1n) is 4.48. The van der Waals surface area contributed by atoms with Gasteiger partial charge in [0.25, 0.3) is 0 Å². The first-order valence-corrected chi connectivity index (χ1v) is 4.48. The standard InChI is InChI=1S/C8H12FN3O2/c1-13-4-7-11-8(14-12-7)6-2-5(9)3-10-6/h5-6,10H,2-4H2,1H3/t5-,6+/m0/s1. The molecule has 1 aromatic rings. The van der Waals surface area contributed by atoms with Crippen molar-refractivity contribution in [1.82, 2.24) is 15.5 Å². The molecule has 1 aliphatic rings. The molecular formula is C8H12FN3O2. The number of methoxy groups -OCH3 is 1. The maximum absolute atomic E-state index is 12.8. The molecule has 78 valence electrons. The molecule has 0 saturated carbocycles. The first-order chi connectivity index (χ1) is 6.79. The number of nitrogens with one attached hydrogen (secondary N) is 1. The maximum atomic E-state index is 12.8. The fraction of sp³-hybridized carbons (Fsp3) is 0.750. The van der Waals surface area contributed by atoms with E-state index < -0.39 is 6.17 Å². The third-order valence-corrected chi connectivity index (χ3v) is 2.13. The highest BCUT2D eigenvalue weighted by molar-refractivity contribution is 4.96. The molecule has 1 fully saturated rings. The Kier molecular flexibility index (Phi) is 2.74. The molecule has 14 heavy (non-hydrogen) atoms. The summed E-state index contributed by atoms with van der Waals surface area (Å²) in [6, 6.07) is -0.150. The van der Waals surface area contributed by atoms with Crippen molar-refractivity contribution in [2.45, 2.75) is 25.2 Å². The molecule has 0 aliphatic carbocycles. The van der Waals surface area contributed by atoms with E-state index in [0.717, 1.165) is 0 Å². The van der Waals surface area contributed by atoms with Crippen molar-refractivity contribution in [1.29, 1.82) is 0 Å². The van der Waals surface area contributed by atoms with Gasteiger partial charge in [-0.2, -0.15) is 4.98 Å². The summed E-state index contributed by atoms with van der Waals surface area (Å²) in [5, 5.41) is 6.67. The van der Waals surface area contributed by atoms with Crippen LogP contribution in [0.1, 0.15) is 24.2 Å². The number of rotatable bonds is 3. The zero-order valence-electron chi connectivity index (χ0n) is 7.86. The van der Waals surface area contributed by atoms with E-state index in [1.165, 1.54) is 0 Å². The van der Waals surface area contributed by atoms with E-state index in [-0.39, 0.29) is 6.04 Å². The first kappa shape index (κ1) is 9.54. The number of ether oxygens (including phenoxy) is 1. The Hall–Kier alpha value is -1.01. The molecule has 1 saturated heterocycles. The molecule has 0 radical (unpaired) electrons. The smallest absolute Gasteiger partial charge is 0.243 e. The van der Waals surface area contributed by atoms with E-state index in [2.05, 4.69) is 15.5 Å². The van der Waals surface area contributed by atoms with Gasteiger partial charge in [0.1, 0.15) is 12.8 Å². The van der Waals surface area contributed by atoms with Crippen molar-refractivity contribution in [3.05, 3.63) is 11.7 Å². The van der Waals surface area contributed by atoms with E-state index in [1.807, 2.05) is 0 Å². The minimum atomic E-state index is -0.822. The SMILES string of the molecule is COCc1noc([C@H]2C[C@H](F)CN2)n1. The van der Waals surface area contributed by atoms with Crippen molar-refractivity contribution in [2.75, 3.05) is 13.7 Å². The lowest BCUT2D eigenvalue weighted by Gasteiger charge is -2.00. The molecule has 1 aliphatic heterocycles. The molecule has 5 nitrogen and oxygen atoms in total. The van der Waals surface area contributed by atoms with Crippen LogP contribution in [0.5, 0.6) is 0 Å². The molecule has 0 bridgehead atoms. The van der Waals surface area contributed by atoms with Gasteiger partial charge >= 0.3 is 0 Å². The third kappa shape index (κ3) is 1.91. The lowest BCUT2D eigenvalue weighted by Crippen LogP contribution is -2.14. The number of nitrogens with zero attached hydrogens (tertiary/aromatic N) is 2. The van der Waals surface area contributed by atoms with Gasteiger partial charge < -0.3 is 14.6 Å².